The van der Waals surface area contributed by atoms with Crippen molar-refractivity contribution >= 4 is 23.6 Å². The largest absolute Gasteiger partial charge is 0.352 e. The molecular formula is C27H35N3O4. The molecule has 0 radical (unpaired) electrons. The summed E-state index contributed by atoms with van der Waals surface area (Å²) in [5, 5.41) is 3.13. The van der Waals surface area contributed by atoms with Crippen molar-refractivity contribution in [3.8, 4) is 0 Å². The molecule has 7 nitrogen and oxygen atoms in total. The molecule has 1 aliphatic heterocycles. The molecule has 1 N–H and O–H groups in total. The number of hydrogen-bond acceptors (Lipinski definition) is 4. The van der Waals surface area contributed by atoms with E-state index in [2.05, 4.69) is 5.32 Å². The SMILES string of the molecule is C[C@H](C(=O)NC1CCCCC1)N(Cc1ccccc1)C(=O)CCN1C(=O)[C@H]2CC=CC[C@H]2C1=O. The van der Waals surface area contributed by atoms with E-state index in [-0.39, 0.29) is 54.5 Å². The Balaban J connectivity index is 1.42. The fourth-order valence-corrected chi connectivity index (χ4v) is 5.37. The highest BCUT2D eigenvalue weighted by Crippen LogP contribution is 2.35. The Bertz CT molecular complexity index is 912. The highest BCUT2D eigenvalue weighted by Gasteiger charge is 2.47. The Morgan fingerprint density at radius 1 is 1.00 bits per heavy atom. The van der Waals surface area contributed by atoms with Gasteiger partial charge in [-0.25, -0.2) is 0 Å². The fraction of sp³-hybridized carbons (Fsp3) is 0.556. The normalized spacial score (nSPS) is 23.5. The first-order chi connectivity index (χ1) is 16.5. The van der Waals surface area contributed by atoms with Gasteiger partial charge in [0.25, 0.3) is 0 Å². The van der Waals surface area contributed by atoms with Crippen molar-refractivity contribution in [3.05, 3.63) is 48.0 Å². The van der Waals surface area contributed by atoms with E-state index < -0.39 is 6.04 Å². The Labute approximate surface area is 201 Å². The molecule has 1 aromatic rings. The lowest BCUT2D eigenvalue weighted by Crippen LogP contribution is -2.51. The number of imide groups is 1. The third-order valence-corrected chi connectivity index (χ3v) is 7.46. The van der Waals surface area contributed by atoms with Gasteiger partial charge in [0, 0.05) is 25.6 Å². The average molecular weight is 466 g/mol. The molecule has 4 rings (SSSR count). The second-order valence-electron chi connectivity index (χ2n) is 9.76. The van der Waals surface area contributed by atoms with Crippen molar-refractivity contribution in [3.63, 3.8) is 0 Å². The minimum absolute atomic E-state index is 0.0121. The van der Waals surface area contributed by atoms with Crippen molar-refractivity contribution in [1.29, 1.82) is 0 Å². The fourth-order valence-electron chi connectivity index (χ4n) is 5.37. The number of nitrogens with one attached hydrogen (secondary N) is 1. The molecule has 34 heavy (non-hydrogen) atoms. The summed E-state index contributed by atoms with van der Waals surface area (Å²) in [6.07, 6.45) is 10.5. The number of allylic oxidation sites excluding steroid dienone is 2. The van der Waals surface area contributed by atoms with Gasteiger partial charge in [0.1, 0.15) is 6.04 Å². The van der Waals surface area contributed by atoms with Crippen molar-refractivity contribution in [1.82, 2.24) is 15.1 Å². The molecule has 0 aromatic heterocycles. The van der Waals surface area contributed by atoms with Gasteiger partial charge in [-0.15, -0.1) is 0 Å². The van der Waals surface area contributed by atoms with E-state index in [0.717, 1.165) is 31.2 Å². The topological polar surface area (TPSA) is 86.8 Å². The Hall–Kier alpha value is -2.96. The number of carbonyl (C=O) groups excluding carboxylic acids is 4. The lowest BCUT2D eigenvalue weighted by Gasteiger charge is -2.31. The molecule has 2 fully saturated rings. The van der Waals surface area contributed by atoms with Crippen LogP contribution in [0.5, 0.6) is 0 Å². The molecule has 0 spiro atoms. The van der Waals surface area contributed by atoms with E-state index in [1.165, 1.54) is 11.3 Å². The molecule has 0 unspecified atom stereocenters. The minimum atomic E-state index is -0.647. The van der Waals surface area contributed by atoms with Gasteiger partial charge < -0.3 is 10.2 Å². The summed E-state index contributed by atoms with van der Waals surface area (Å²) >= 11 is 0. The van der Waals surface area contributed by atoms with Crippen LogP contribution in [0.25, 0.3) is 0 Å². The van der Waals surface area contributed by atoms with Gasteiger partial charge in [-0.2, -0.15) is 0 Å². The van der Waals surface area contributed by atoms with Crippen LogP contribution in [0, 0.1) is 11.8 Å². The average Bonchev–Trinajstić information content (AvgIpc) is 3.11. The zero-order valence-corrected chi connectivity index (χ0v) is 19.9. The first-order valence-electron chi connectivity index (χ1n) is 12.6. The number of likely N-dealkylation sites (tertiary alicyclic amines) is 1. The van der Waals surface area contributed by atoms with Gasteiger partial charge in [-0.05, 0) is 38.2 Å². The molecule has 0 bridgehead atoms. The number of amides is 4. The van der Waals surface area contributed by atoms with Gasteiger partial charge >= 0.3 is 0 Å². The summed E-state index contributed by atoms with van der Waals surface area (Å²) in [4.78, 5) is 54.8. The second kappa shape index (κ2) is 11.0. The molecular weight excluding hydrogens is 430 g/mol. The van der Waals surface area contributed by atoms with Crippen molar-refractivity contribution in [2.75, 3.05) is 6.54 Å². The number of benzene rings is 1. The van der Waals surface area contributed by atoms with Crippen LogP contribution in [0.1, 0.15) is 63.9 Å². The van der Waals surface area contributed by atoms with Gasteiger partial charge in [-0.1, -0.05) is 61.7 Å². The summed E-state index contributed by atoms with van der Waals surface area (Å²) in [6.45, 7) is 2.12. The van der Waals surface area contributed by atoms with Gasteiger partial charge in [0.2, 0.25) is 23.6 Å². The van der Waals surface area contributed by atoms with E-state index in [0.29, 0.717) is 19.4 Å². The summed E-state index contributed by atoms with van der Waals surface area (Å²) < 4.78 is 0. The quantitative estimate of drug-likeness (QED) is 0.472. The Morgan fingerprint density at radius 3 is 2.24 bits per heavy atom. The number of fused-ring (bicyclic) bond motifs is 1. The lowest BCUT2D eigenvalue weighted by atomic mass is 9.85. The number of nitrogens with zero attached hydrogens (tertiary/aromatic N) is 2. The van der Waals surface area contributed by atoms with Crippen LogP contribution in [-0.4, -0.2) is 52.1 Å². The molecule has 1 saturated carbocycles. The van der Waals surface area contributed by atoms with Crippen LogP contribution >= 0.6 is 0 Å². The van der Waals surface area contributed by atoms with E-state index >= 15 is 0 Å². The number of carbonyl (C=O) groups is 4. The predicted molar refractivity (Wildman–Crippen MR) is 128 cm³/mol. The van der Waals surface area contributed by atoms with Crippen LogP contribution in [-0.2, 0) is 25.7 Å². The van der Waals surface area contributed by atoms with Crippen LogP contribution < -0.4 is 5.32 Å². The maximum absolute atomic E-state index is 13.4. The molecule has 1 aromatic carbocycles. The van der Waals surface area contributed by atoms with Crippen molar-refractivity contribution < 1.29 is 19.2 Å². The van der Waals surface area contributed by atoms with Gasteiger partial charge in [0.15, 0.2) is 0 Å². The van der Waals surface area contributed by atoms with E-state index in [1.54, 1.807) is 11.8 Å². The summed E-state index contributed by atoms with van der Waals surface area (Å²) in [6, 6.07) is 9.09. The maximum Gasteiger partial charge on any atom is 0.242 e. The zero-order chi connectivity index (χ0) is 24.1. The van der Waals surface area contributed by atoms with E-state index in [9.17, 15) is 19.2 Å². The first kappa shape index (κ1) is 24.2. The molecule has 182 valence electrons. The van der Waals surface area contributed by atoms with Crippen LogP contribution in [0.3, 0.4) is 0 Å². The summed E-state index contributed by atoms with van der Waals surface area (Å²) in [7, 11) is 0. The van der Waals surface area contributed by atoms with Gasteiger partial charge in [0.05, 0.1) is 11.8 Å². The number of rotatable bonds is 8. The lowest BCUT2D eigenvalue weighted by molar-refractivity contribution is -0.144. The highest BCUT2D eigenvalue weighted by molar-refractivity contribution is 6.05. The smallest absolute Gasteiger partial charge is 0.242 e. The summed E-state index contributed by atoms with van der Waals surface area (Å²) in [5.41, 5.74) is 0.929. The molecule has 1 heterocycles. The monoisotopic (exact) mass is 465 g/mol. The molecule has 3 aliphatic rings. The summed E-state index contributed by atoms with van der Waals surface area (Å²) in [5.74, 6) is -1.33. The van der Waals surface area contributed by atoms with Crippen LogP contribution in [0.4, 0.5) is 0 Å². The third-order valence-electron chi connectivity index (χ3n) is 7.46. The molecule has 7 heteroatoms. The molecule has 4 amide bonds. The van der Waals surface area contributed by atoms with Gasteiger partial charge in [-0.3, -0.25) is 24.1 Å². The first-order valence-corrected chi connectivity index (χ1v) is 12.6. The van der Waals surface area contributed by atoms with Crippen LogP contribution in [0.2, 0.25) is 0 Å². The zero-order valence-electron chi connectivity index (χ0n) is 19.9. The molecule has 2 aliphatic carbocycles. The predicted octanol–water partition coefficient (Wildman–Crippen LogP) is 3.19. The second-order valence-corrected chi connectivity index (χ2v) is 9.76. The van der Waals surface area contributed by atoms with E-state index in [1.807, 2.05) is 42.5 Å². The minimum Gasteiger partial charge on any atom is -0.352 e. The standard InChI is InChI=1S/C27H35N3O4/c1-19(25(32)28-21-12-6-3-7-13-21)30(18-20-10-4-2-5-11-20)24(31)16-17-29-26(33)22-14-8-9-15-23(22)27(29)34/h2,4-5,8-11,19,21-23H,3,6-7,12-18H2,1H3,(H,28,32)/t19-,22-,23+/m1/s1. The molecule has 1 saturated heterocycles. The van der Waals surface area contributed by atoms with Crippen molar-refractivity contribution in [2.45, 2.75) is 76.9 Å². The third kappa shape index (κ3) is 5.40. The molecule has 3 atom stereocenters. The van der Waals surface area contributed by atoms with Crippen molar-refractivity contribution in [2.24, 2.45) is 11.8 Å². The highest BCUT2D eigenvalue weighted by atomic mass is 16.2. The number of hydrogen-bond donors (Lipinski definition) is 1. The maximum atomic E-state index is 13.4. The Morgan fingerprint density at radius 2 is 1.62 bits per heavy atom. The van der Waals surface area contributed by atoms with E-state index in [4.69, 9.17) is 0 Å². The van der Waals surface area contributed by atoms with Crippen LogP contribution in [0.15, 0.2) is 42.5 Å². The Kier molecular flexibility index (Phi) is 7.80.